The number of nitrogens with one attached hydrogen (secondary N) is 1. The molecule has 4 heteroatoms. The zero-order valence-electron chi connectivity index (χ0n) is 9.24. The highest BCUT2D eigenvalue weighted by molar-refractivity contribution is 5.87. The zero-order chi connectivity index (χ0) is 11.5. The van der Waals surface area contributed by atoms with Gasteiger partial charge in [0, 0.05) is 10.9 Å². The number of hydrogen-bond acceptors (Lipinski definition) is 3. The fraction of sp³-hybridized carbons (Fsp3) is 0.250. The summed E-state index contributed by atoms with van der Waals surface area (Å²) in [5.41, 5.74) is 5.08. The minimum atomic E-state index is -0.189. The van der Waals surface area contributed by atoms with Crippen LogP contribution < -0.4 is 5.48 Å². The van der Waals surface area contributed by atoms with Gasteiger partial charge in [-0.15, -0.1) is 0 Å². The lowest BCUT2D eigenvalue weighted by Gasteiger charge is -2.00. The van der Waals surface area contributed by atoms with Gasteiger partial charge in [-0.3, -0.25) is 9.63 Å². The van der Waals surface area contributed by atoms with Gasteiger partial charge in [0.15, 0.2) is 0 Å². The van der Waals surface area contributed by atoms with Crippen molar-refractivity contribution in [1.82, 2.24) is 5.48 Å². The van der Waals surface area contributed by atoms with Gasteiger partial charge < -0.3 is 4.42 Å². The Morgan fingerprint density at radius 2 is 2.31 bits per heavy atom. The highest BCUT2D eigenvalue weighted by Crippen LogP contribution is 2.22. The van der Waals surface area contributed by atoms with Crippen LogP contribution in [0.3, 0.4) is 0 Å². The Kier molecular flexibility index (Phi) is 2.92. The van der Waals surface area contributed by atoms with Crippen LogP contribution in [0.4, 0.5) is 0 Å². The molecule has 2 aromatic rings. The van der Waals surface area contributed by atoms with E-state index in [4.69, 9.17) is 4.42 Å². The van der Waals surface area contributed by atoms with Crippen molar-refractivity contribution in [2.45, 2.75) is 13.3 Å². The van der Waals surface area contributed by atoms with E-state index in [9.17, 15) is 4.79 Å². The quantitative estimate of drug-likeness (QED) is 0.803. The number of carbonyl (C=O) groups is 1. The minimum Gasteiger partial charge on any atom is -0.464 e. The standard InChI is InChI=1S/C12H13NO3/c1-8-3-4-10-9(6-12(14)13-15-2)7-16-11(10)5-8/h3-5,7H,6H2,1-2H3,(H,13,14). The van der Waals surface area contributed by atoms with Crippen molar-refractivity contribution >= 4 is 16.9 Å². The van der Waals surface area contributed by atoms with Crippen LogP contribution in [0, 0.1) is 6.92 Å². The second kappa shape index (κ2) is 4.37. The summed E-state index contributed by atoms with van der Waals surface area (Å²) in [5.74, 6) is -0.189. The lowest BCUT2D eigenvalue weighted by atomic mass is 10.1. The van der Waals surface area contributed by atoms with Crippen molar-refractivity contribution in [2.24, 2.45) is 0 Å². The Balaban J connectivity index is 2.28. The van der Waals surface area contributed by atoms with Crippen molar-refractivity contribution in [3.8, 4) is 0 Å². The van der Waals surface area contributed by atoms with Gasteiger partial charge in [0.1, 0.15) is 5.58 Å². The van der Waals surface area contributed by atoms with Crippen LogP contribution in [-0.4, -0.2) is 13.0 Å². The molecule has 84 valence electrons. The molecule has 16 heavy (non-hydrogen) atoms. The molecule has 2 rings (SSSR count). The Hall–Kier alpha value is -1.81. The van der Waals surface area contributed by atoms with Crippen LogP contribution in [0.1, 0.15) is 11.1 Å². The molecule has 0 radical (unpaired) electrons. The fourth-order valence-corrected chi connectivity index (χ4v) is 1.65. The summed E-state index contributed by atoms with van der Waals surface area (Å²) in [6.45, 7) is 2.00. The van der Waals surface area contributed by atoms with Crippen molar-refractivity contribution in [3.63, 3.8) is 0 Å². The van der Waals surface area contributed by atoms with Crippen molar-refractivity contribution in [3.05, 3.63) is 35.6 Å². The lowest BCUT2D eigenvalue weighted by Crippen LogP contribution is -2.23. The average Bonchev–Trinajstić information content (AvgIpc) is 2.61. The molecule has 0 unspecified atom stereocenters. The van der Waals surface area contributed by atoms with Crippen molar-refractivity contribution < 1.29 is 14.0 Å². The molecule has 0 aliphatic heterocycles. The molecule has 0 bridgehead atoms. The summed E-state index contributed by atoms with van der Waals surface area (Å²) >= 11 is 0. The van der Waals surface area contributed by atoms with E-state index in [0.29, 0.717) is 0 Å². The Morgan fingerprint density at radius 1 is 1.50 bits per heavy atom. The predicted molar refractivity (Wildman–Crippen MR) is 59.8 cm³/mol. The van der Waals surface area contributed by atoms with E-state index in [1.807, 2.05) is 25.1 Å². The monoisotopic (exact) mass is 219 g/mol. The second-order valence-corrected chi connectivity index (χ2v) is 3.67. The number of rotatable bonds is 3. The number of carbonyl (C=O) groups excluding carboxylic acids is 1. The van der Waals surface area contributed by atoms with E-state index < -0.39 is 0 Å². The summed E-state index contributed by atoms with van der Waals surface area (Å²) in [7, 11) is 1.41. The maximum Gasteiger partial charge on any atom is 0.248 e. The first kappa shape index (κ1) is 10.7. The van der Waals surface area contributed by atoms with E-state index in [1.54, 1.807) is 6.26 Å². The highest BCUT2D eigenvalue weighted by Gasteiger charge is 2.09. The number of benzene rings is 1. The molecule has 1 N–H and O–H groups in total. The first-order valence-corrected chi connectivity index (χ1v) is 4.99. The van der Waals surface area contributed by atoms with E-state index >= 15 is 0 Å². The van der Waals surface area contributed by atoms with Crippen LogP contribution >= 0.6 is 0 Å². The average molecular weight is 219 g/mol. The van der Waals surface area contributed by atoms with Gasteiger partial charge in [-0.1, -0.05) is 12.1 Å². The van der Waals surface area contributed by atoms with Gasteiger partial charge in [0.2, 0.25) is 5.91 Å². The van der Waals surface area contributed by atoms with Crippen molar-refractivity contribution in [2.75, 3.05) is 7.11 Å². The Bertz CT molecular complexity index is 516. The molecule has 4 nitrogen and oxygen atoms in total. The molecular weight excluding hydrogens is 206 g/mol. The van der Waals surface area contributed by atoms with Gasteiger partial charge >= 0.3 is 0 Å². The van der Waals surface area contributed by atoms with E-state index in [0.717, 1.165) is 22.1 Å². The van der Waals surface area contributed by atoms with Crippen LogP contribution in [0.2, 0.25) is 0 Å². The molecular formula is C12H13NO3. The third-order valence-corrected chi connectivity index (χ3v) is 2.38. The maximum absolute atomic E-state index is 11.3. The number of aryl methyl sites for hydroxylation is 1. The molecule has 1 aromatic heterocycles. The van der Waals surface area contributed by atoms with Gasteiger partial charge in [-0.05, 0) is 18.6 Å². The van der Waals surface area contributed by atoms with Gasteiger partial charge in [0.25, 0.3) is 0 Å². The second-order valence-electron chi connectivity index (χ2n) is 3.67. The van der Waals surface area contributed by atoms with Gasteiger partial charge in [-0.2, -0.15) is 0 Å². The highest BCUT2D eigenvalue weighted by atomic mass is 16.6. The number of amides is 1. The van der Waals surface area contributed by atoms with Crippen LogP contribution in [0.15, 0.2) is 28.9 Å². The molecule has 0 spiro atoms. The third kappa shape index (κ3) is 2.06. The number of furan rings is 1. The van der Waals surface area contributed by atoms with Crippen LogP contribution in [-0.2, 0) is 16.1 Å². The normalized spacial score (nSPS) is 10.6. The molecule has 1 amide bonds. The first-order valence-electron chi connectivity index (χ1n) is 4.99. The van der Waals surface area contributed by atoms with E-state index in [2.05, 4.69) is 10.3 Å². The summed E-state index contributed by atoms with van der Waals surface area (Å²) in [6.07, 6.45) is 1.86. The molecule has 0 atom stereocenters. The fourth-order valence-electron chi connectivity index (χ4n) is 1.65. The Morgan fingerprint density at radius 3 is 3.06 bits per heavy atom. The van der Waals surface area contributed by atoms with Crippen molar-refractivity contribution in [1.29, 1.82) is 0 Å². The first-order chi connectivity index (χ1) is 7.70. The molecule has 0 fully saturated rings. The minimum absolute atomic E-state index is 0.189. The van der Waals surface area contributed by atoms with E-state index in [-0.39, 0.29) is 12.3 Å². The van der Waals surface area contributed by atoms with Crippen LogP contribution in [0.5, 0.6) is 0 Å². The lowest BCUT2D eigenvalue weighted by molar-refractivity contribution is -0.130. The topological polar surface area (TPSA) is 51.5 Å². The molecule has 1 heterocycles. The van der Waals surface area contributed by atoms with Crippen LogP contribution in [0.25, 0.3) is 11.0 Å². The molecule has 0 aliphatic carbocycles. The Labute approximate surface area is 93.1 Å². The number of hydroxylamine groups is 1. The molecule has 0 aliphatic rings. The smallest absolute Gasteiger partial charge is 0.248 e. The zero-order valence-corrected chi connectivity index (χ0v) is 9.24. The largest absolute Gasteiger partial charge is 0.464 e. The molecule has 0 saturated carbocycles. The molecule has 0 saturated heterocycles. The maximum atomic E-state index is 11.3. The summed E-state index contributed by atoms with van der Waals surface area (Å²) in [5, 5.41) is 0.969. The van der Waals surface area contributed by atoms with Gasteiger partial charge in [-0.25, -0.2) is 5.48 Å². The third-order valence-electron chi connectivity index (χ3n) is 2.38. The van der Waals surface area contributed by atoms with Gasteiger partial charge in [0.05, 0.1) is 19.8 Å². The number of fused-ring (bicyclic) bond motifs is 1. The SMILES string of the molecule is CONC(=O)Cc1coc2cc(C)ccc12. The molecule has 1 aromatic carbocycles. The summed E-state index contributed by atoms with van der Waals surface area (Å²) < 4.78 is 5.39. The van der Waals surface area contributed by atoms with E-state index in [1.165, 1.54) is 7.11 Å². The summed E-state index contributed by atoms with van der Waals surface area (Å²) in [6, 6.07) is 5.91. The predicted octanol–water partition coefficient (Wildman–Crippen LogP) is 1.96. The number of hydrogen-bond donors (Lipinski definition) is 1. The summed E-state index contributed by atoms with van der Waals surface area (Å²) in [4.78, 5) is 15.9.